The summed E-state index contributed by atoms with van der Waals surface area (Å²) in [5.41, 5.74) is 1.74. The molecule has 0 bridgehead atoms. The number of aryl methyl sites for hydroxylation is 1. The van der Waals surface area contributed by atoms with E-state index in [0.717, 1.165) is 11.1 Å². The number of nitrogens with one attached hydrogen (secondary N) is 1. The lowest BCUT2D eigenvalue weighted by molar-refractivity contribution is 0.514. The van der Waals surface area contributed by atoms with Crippen LogP contribution in [-0.2, 0) is 15.8 Å². The van der Waals surface area contributed by atoms with Crippen molar-refractivity contribution in [3.63, 3.8) is 0 Å². The smallest absolute Gasteiger partial charge is 0.212 e. The van der Waals surface area contributed by atoms with Crippen LogP contribution >= 0.6 is 0 Å². The Morgan fingerprint density at radius 2 is 2.06 bits per heavy atom. The first-order valence-corrected chi connectivity index (χ1v) is 7.44. The SMILES string of the molecule is Cc1cccc(CS(=O)(=O)NC(C#N)C(C)C)c1. The topological polar surface area (TPSA) is 70.0 Å². The number of hydrogen-bond donors (Lipinski definition) is 1. The molecule has 1 rings (SSSR count). The zero-order valence-corrected chi connectivity index (χ0v) is 11.7. The molecule has 0 saturated carbocycles. The number of rotatable bonds is 5. The average Bonchev–Trinajstić information content (AvgIpc) is 2.25. The largest absolute Gasteiger partial charge is 0.216 e. The standard InChI is InChI=1S/C13H18N2O2S/c1-10(2)13(8-14)15-18(16,17)9-12-6-4-5-11(3)7-12/h4-7,10,13,15H,9H2,1-3H3. The second-order valence-corrected chi connectivity index (χ2v) is 6.47. The van der Waals surface area contributed by atoms with Gasteiger partial charge in [-0.15, -0.1) is 0 Å². The average molecular weight is 266 g/mol. The fraction of sp³-hybridized carbons (Fsp3) is 0.462. The molecule has 0 aliphatic rings. The highest BCUT2D eigenvalue weighted by Gasteiger charge is 2.20. The summed E-state index contributed by atoms with van der Waals surface area (Å²) in [7, 11) is -3.48. The number of hydrogen-bond acceptors (Lipinski definition) is 3. The van der Waals surface area contributed by atoms with Crippen molar-refractivity contribution < 1.29 is 8.42 Å². The van der Waals surface area contributed by atoms with Gasteiger partial charge in [-0.25, -0.2) is 8.42 Å². The normalized spacial score (nSPS) is 13.3. The van der Waals surface area contributed by atoms with E-state index in [4.69, 9.17) is 5.26 Å². The van der Waals surface area contributed by atoms with E-state index < -0.39 is 16.1 Å². The van der Waals surface area contributed by atoms with E-state index >= 15 is 0 Å². The van der Waals surface area contributed by atoms with Crippen LogP contribution in [0.2, 0.25) is 0 Å². The Kier molecular flexibility index (Phi) is 4.88. The summed E-state index contributed by atoms with van der Waals surface area (Å²) >= 11 is 0. The van der Waals surface area contributed by atoms with E-state index in [0.29, 0.717) is 0 Å². The highest BCUT2D eigenvalue weighted by molar-refractivity contribution is 7.88. The molecule has 4 nitrogen and oxygen atoms in total. The van der Waals surface area contributed by atoms with Gasteiger partial charge in [0.05, 0.1) is 11.8 Å². The molecule has 1 unspecified atom stereocenters. The molecule has 1 aromatic carbocycles. The highest BCUT2D eigenvalue weighted by Crippen LogP contribution is 2.09. The number of sulfonamides is 1. The molecule has 0 aliphatic heterocycles. The number of nitriles is 1. The third-order valence-electron chi connectivity index (χ3n) is 2.55. The van der Waals surface area contributed by atoms with E-state index in [1.807, 2.05) is 45.0 Å². The van der Waals surface area contributed by atoms with Gasteiger partial charge in [-0.2, -0.15) is 9.98 Å². The van der Waals surface area contributed by atoms with Crippen molar-refractivity contribution >= 4 is 10.0 Å². The number of benzene rings is 1. The minimum absolute atomic E-state index is 0.0534. The zero-order chi connectivity index (χ0) is 13.8. The lowest BCUT2D eigenvalue weighted by Crippen LogP contribution is -2.38. The Balaban J connectivity index is 2.80. The second-order valence-electron chi connectivity index (χ2n) is 4.72. The Hall–Kier alpha value is -1.38. The molecule has 0 saturated heterocycles. The molecule has 0 aliphatic carbocycles. The van der Waals surface area contributed by atoms with Crippen LogP contribution in [0.4, 0.5) is 0 Å². The maximum atomic E-state index is 11.9. The van der Waals surface area contributed by atoms with Gasteiger partial charge in [-0.1, -0.05) is 43.7 Å². The minimum Gasteiger partial charge on any atom is -0.212 e. The molecule has 0 amide bonds. The molecule has 1 N–H and O–H groups in total. The van der Waals surface area contributed by atoms with Crippen molar-refractivity contribution in [2.24, 2.45) is 5.92 Å². The Morgan fingerprint density at radius 1 is 1.39 bits per heavy atom. The van der Waals surface area contributed by atoms with E-state index in [1.165, 1.54) is 0 Å². The molecule has 0 heterocycles. The lowest BCUT2D eigenvalue weighted by atomic mass is 10.1. The Bertz CT molecular complexity index is 544. The van der Waals surface area contributed by atoms with Gasteiger partial charge in [0, 0.05) is 0 Å². The summed E-state index contributed by atoms with van der Waals surface area (Å²) < 4.78 is 26.3. The third-order valence-corrected chi connectivity index (χ3v) is 3.88. The van der Waals surface area contributed by atoms with Gasteiger partial charge in [0.1, 0.15) is 6.04 Å². The molecule has 0 radical (unpaired) electrons. The summed E-state index contributed by atoms with van der Waals surface area (Å²) in [6.07, 6.45) is 0. The summed E-state index contributed by atoms with van der Waals surface area (Å²) in [4.78, 5) is 0. The number of nitrogens with zero attached hydrogens (tertiary/aromatic N) is 1. The molecular formula is C13H18N2O2S. The predicted octanol–water partition coefficient (Wildman–Crippen LogP) is 1.96. The van der Waals surface area contributed by atoms with Gasteiger partial charge in [0.25, 0.3) is 0 Å². The molecule has 1 atom stereocenters. The fourth-order valence-corrected chi connectivity index (χ4v) is 2.98. The zero-order valence-electron chi connectivity index (χ0n) is 10.8. The van der Waals surface area contributed by atoms with Gasteiger partial charge >= 0.3 is 0 Å². The summed E-state index contributed by atoms with van der Waals surface area (Å²) in [5.74, 6) is -0.151. The first-order chi connectivity index (χ1) is 8.34. The Morgan fingerprint density at radius 3 is 2.56 bits per heavy atom. The molecule has 18 heavy (non-hydrogen) atoms. The molecule has 0 aromatic heterocycles. The third kappa shape index (κ3) is 4.47. The van der Waals surface area contributed by atoms with E-state index in [-0.39, 0.29) is 11.7 Å². The molecule has 0 fully saturated rings. The van der Waals surface area contributed by atoms with Crippen LogP contribution in [0.15, 0.2) is 24.3 Å². The summed E-state index contributed by atoms with van der Waals surface area (Å²) in [5, 5.41) is 8.89. The van der Waals surface area contributed by atoms with Crippen LogP contribution in [0, 0.1) is 24.2 Å². The Labute approximate surface area is 109 Å². The van der Waals surface area contributed by atoms with Gasteiger partial charge in [-0.05, 0) is 18.4 Å². The monoisotopic (exact) mass is 266 g/mol. The minimum atomic E-state index is -3.48. The fourth-order valence-electron chi connectivity index (χ4n) is 1.57. The predicted molar refractivity (Wildman–Crippen MR) is 71.2 cm³/mol. The van der Waals surface area contributed by atoms with Crippen LogP contribution in [0.1, 0.15) is 25.0 Å². The van der Waals surface area contributed by atoms with Crippen molar-refractivity contribution in [2.45, 2.75) is 32.6 Å². The molecular weight excluding hydrogens is 248 g/mol. The van der Waals surface area contributed by atoms with Crippen LogP contribution in [0.5, 0.6) is 0 Å². The summed E-state index contributed by atoms with van der Waals surface area (Å²) in [6.45, 7) is 5.53. The van der Waals surface area contributed by atoms with Crippen molar-refractivity contribution in [1.29, 1.82) is 5.26 Å². The molecule has 0 spiro atoms. The van der Waals surface area contributed by atoms with Gasteiger partial charge in [0.2, 0.25) is 10.0 Å². The van der Waals surface area contributed by atoms with Crippen molar-refractivity contribution in [2.75, 3.05) is 0 Å². The maximum Gasteiger partial charge on any atom is 0.216 e. The molecule has 5 heteroatoms. The van der Waals surface area contributed by atoms with Gasteiger partial charge in [0.15, 0.2) is 0 Å². The van der Waals surface area contributed by atoms with Crippen molar-refractivity contribution in [3.05, 3.63) is 35.4 Å². The van der Waals surface area contributed by atoms with E-state index in [2.05, 4.69) is 4.72 Å². The van der Waals surface area contributed by atoms with E-state index in [1.54, 1.807) is 6.07 Å². The second kappa shape index (κ2) is 5.98. The van der Waals surface area contributed by atoms with Gasteiger partial charge < -0.3 is 0 Å². The van der Waals surface area contributed by atoms with Crippen LogP contribution in [-0.4, -0.2) is 14.5 Å². The summed E-state index contributed by atoms with van der Waals surface area (Å²) in [6, 6.07) is 8.62. The first kappa shape index (κ1) is 14.7. The van der Waals surface area contributed by atoms with Crippen molar-refractivity contribution in [3.8, 4) is 6.07 Å². The van der Waals surface area contributed by atoms with Crippen LogP contribution in [0.3, 0.4) is 0 Å². The van der Waals surface area contributed by atoms with Crippen molar-refractivity contribution in [1.82, 2.24) is 4.72 Å². The van der Waals surface area contributed by atoms with Crippen LogP contribution < -0.4 is 4.72 Å². The molecule has 1 aromatic rings. The first-order valence-electron chi connectivity index (χ1n) is 5.79. The van der Waals surface area contributed by atoms with E-state index in [9.17, 15) is 8.42 Å². The van der Waals surface area contributed by atoms with Gasteiger partial charge in [-0.3, -0.25) is 0 Å². The maximum absolute atomic E-state index is 11.9. The molecule has 98 valence electrons. The van der Waals surface area contributed by atoms with Crippen LogP contribution in [0.25, 0.3) is 0 Å². The lowest BCUT2D eigenvalue weighted by Gasteiger charge is -2.15. The quantitative estimate of drug-likeness (QED) is 0.885. The highest BCUT2D eigenvalue weighted by atomic mass is 32.2.